The number of nitrogens with one attached hydrogen (secondary N) is 1. The zero-order valence-electron chi connectivity index (χ0n) is 9.87. The van der Waals surface area contributed by atoms with Gasteiger partial charge in [-0.2, -0.15) is 0 Å². The summed E-state index contributed by atoms with van der Waals surface area (Å²) >= 11 is 0. The minimum absolute atomic E-state index is 0.108. The van der Waals surface area contributed by atoms with Crippen LogP contribution in [0.15, 0.2) is 17.0 Å². The molecule has 106 valence electrons. The molecule has 0 spiro atoms. The molecule has 2 rings (SSSR count). The van der Waals surface area contributed by atoms with E-state index in [1.807, 2.05) is 4.72 Å². The molecule has 1 aromatic carbocycles. The topological polar surface area (TPSA) is 72.2 Å². The molecular formula is C11H13F3N2O2S. The van der Waals surface area contributed by atoms with Gasteiger partial charge in [0, 0.05) is 24.7 Å². The van der Waals surface area contributed by atoms with E-state index in [9.17, 15) is 21.6 Å². The monoisotopic (exact) mass is 294 g/mol. The van der Waals surface area contributed by atoms with Gasteiger partial charge in [0.05, 0.1) is 0 Å². The average Bonchev–Trinajstić information content (AvgIpc) is 3.07. The number of rotatable bonds is 5. The summed E-state index contributed by atoms with van der Waals surface area (Å²) in [6, 6.07) is 0.248. The molecule has 0 amide bonds. The van der Waals surface area contributed by atoms with E-state index in [-0.39, 0.29) is 18.5 Å². The standard InChI is InChI=1S/C11H13F3N2O2S/c12-7-3-8(13)11(9(14)4-7)19(17,18)16-5-10(15)6-1-2-6/h3-4,6,10,16H,1-2,5,15H2. The second kappa shape index (κ2) is 5.10. The van der Waals surface area contributed by atoms with Gasteiger partial charge < -0.3 is 5.73 Å². The van der Waals surface area contributed by atoms with Crippen molar-refractivity contribution in [3.05, 3.63) is 29.6 Å². The molecule has 0 aromatic heterocycles. The zero-order chi connectivity index (χ0) is 14.2. The van der Waals surface area contributed by atoms with Crippen molar-refractivity contribution >= 4 is 10.0 Å². The molecule has 1 atom stereocenters. The predicted octanol–water partition coefficient (Wildman–Crippen LogP) is 1.12. The van der Waals surface area contributed by atoms with Gasteiger partial charge in [0.1, 0.15) is 17.5 Å². The van der Waals surface area contributed by atoms with Gasteiger partial charge in [-0.1, -0.05) is 0 Å². The highest BCUT2D eigenvalue weighted by Gasteiger charge is 2.31. The molecule has 1 unspecified atom stereocenters. The van der Waals surface area contributed by atoms with E-state index >= 15 is 0 Å². The molecule has 19 heavy (non-hydrogen) atoms. The van der Waals surface area contributed by atoms with Gasteiger partial charge >= 0.3 is 0 Å². The van der Waals surface area contributed by atoms with Crippen molar-refractivity contribution in [2.24, 2.45) is 11.7 Å². The van der Waals surface area contributed by atoms with Crippen LogP contribution < -0.4 is 10.5 Å². The van der Waals surface area contributed by atoms with Crippen LogP contribution in [0.3, 0.4) is 0 Å². The molecule has 1 fully saturated rings. The zero-order valence-corrected chi connectivity index (χ0v) is 10.7. The van der Waals surface area contributed by atoms with Crippen molar-refractivity contribution in [1.82, 2.24) is 4.72 Å². The average molecular weight is 294 g/mol. The summed E-state index contributed by atoms with van der Waals surface area (Å²) in [6.07, 6.45) is 1.84. The first-order valence-corrected chi connectivity index (χ1v) is 7.19. The lowest BCUT2D eigenvalue weighted by molar-refractivity contribution is 0.490. The highest BCUT2D eigenvalue weighted by molar-refractivity contribution is 7.89. The number of benzene rings is 1. The van der Waals surface area contributed by atoms with Gasteiger partial charge in [-0.3, -0.25) is 0 Å². The van der Waals surface area contributed by atoms with Crippen LogP contribution in [0.4, 0.5) is 13.2 Å². The van der Waals surface area contributed by atoms with Crippen molar-refractivity contribution in [2.45, 2.75) is 23.8 Å². The fourth-order valence-corrected chi connectivity index (χ4v) is 2.94. The first-order valence-electron chi connectivity index (χ1n) is 5.71. The van der Waals surface area contributed by atoms with Crippen LogP contribution in [-0.2, 0) is 10.0 Å². The van der Waals surface area contributed by atoms with Crippen LogP contribution >= 0.6 is 0 Å². The third-order valence-electron chi connectivity index (χ3n) is 2.97. The number of hydrogen-bond acceptors (Lipinski definition) is 3. The number of sulfonamides is 1. The van der Waals surface area contributed by atoms with E-state index in [0.29, 0.717) is 12.1 Å². The van der Waals surface area contributed by atoms with Crippen LogP contribution in [0.5, 0.6) is 0 Å². The Morgan fingerprint density at radius 1 is 1.26 bits per heavy atom. The molecule has 3 N–H and O–H groups in total. The second-order valence-electron chi connectivity index (χ2n) is 4.55. The van der Waals surface area contributed by atoms with Crippen molar-refractivity contribution in [3.63, 3.8) is 0 Å². The Kier molecular flexibility index (Phi) is 3.84. The van der Waals surface area contributed by atoms with Crippen LogP contribution in [0.25, 0.3) is 0 Å². The van der Waals surface area contributed by atoms with E-state index < -0.39 is 32.4 Å². The summed E-state index contributed by atoms with van der Waals surface area (Å²) in [6.45, 7) is -0.108. The maximum absolute atomic E-state index is 13.4. The first kappa shape index (κ1) is 14.3. The predicted molar refractivity (Wildman–Crippen MR) is 62.2 cm³/mol. The molecule has 1 saturated carbocycles. The van der Waals surface area contributed by atoms with E-state index in [2.05, 4.69) is 0 Å². The number of halogens is 3. The van der Waals surface area contributed by atoms with Gasteiger partial charge in [-0.05, 0) is 18.8 Å². The Labute approximate surface area is 108 Å². The molecule has 8 heteroatoms. The van der Waals surface area contributed by atoms with Crippen molar-refractivity contribution < 1.29 is 21.6 Å². The molecule has 1 aliphatic rings. The van der Waals surface area contributed by atoms with Gasteiger partial charge in [0.2, 0.25) is 10.0 Å². The maximum atomic E-state index is 13.4. The van der Waals surface area contributed by atoms with Crippen molar-refractivity contribution in [3.8, 4) is 0 Å². The molecular weight excluding hydrogens is 281 g/mol. The number of nitrogens with two attached hydrogens (primary N) is 1. The summed E-state index contributed by atoms with van der Waals surface area (Å²) in [5.74, 6) is -3.87. The normalized spacial score (nSPS) is 17.5. The van der Waals surface area contributed by atoms with E-state index in [0.717, 1.165) is 12.8 Å². The summed E-state index contributed by atoms with van der Waals surface area (Å²) in [5, 5.41) is 0. The van der Waals surface area contributed by atoms with Gasteiger partial charge in [-0.15, -0.1) is 0 Å². The highest BCUT2D eigenvalue weighted by Crippen LogP contribution is 2.31. The molecule has 0 bridgehead atoms. The van der Waals surface area contributed by atoms with Crippen LogP contribution in [0.2, 0.25) is 0 Å². The van der Waals surface area contributed by atoms with Crippen LogP contribution in [0.1, 0.15) is 12.8 Å². The lowest BCUT2D eigenvalue weighted by atomic mass is 10.2. The first-order chi connectivity index (χ1) is 8.81. The fraction of sp³-hybridized carbons (Fsp3) is 0.455. The van der Waals surface area contributed by atoms with Crippen molar-refractivity contribution in [2.75, 3.05) is 6.54 Å². The smallest absolute Gasteiger partial charge is 0.246 e. The summed E-state index contributed by atoms with van der Waals surface area (Å²) in [5.41, 5.74) is 5.69. The van der Waals surface area contributed by atoms with E-state index in [1.165, 1.54) is 0 Å². The third-order valence-corrected chi connectivity index (χ3v) is 4.44. The highest BCUT2D eigenvalue weighted by atomic mass is 32.2. The van der Waals surface area contributed by atoms with Crippen molar-refractivity contribution in [1.29, 1.82) is 0 Å². The van der Waals surface area contributed by atoms with E-state index in [4.69, 9.17) is 5.73 Å². The summed E-state index contributed by atoms with van der Waals surface area (Å²) in [4.78, 5) is -1.18. The Balaban J connectivity index is 2.19. The van der Waals surface area contributed by atoms with E-state index in [1.54, 1.807) is 0 Å². The Morgan fingerprint density at radius 2 is 1.79 bits per heavy atom. The SMILES string of the molecule is NC(CNS(=O)(=O)c1c(F)cc(F)cc1F)C1CC1. The molecule has 0 heterocycles. The van der Waals surface area contributed by atoms with Crippen LogP contribution in [0, 0.1) is 23.4 Å². The third kappa shape index (κ3) is 3.26. The fourth-order valence-electron chi connectivity index (χ4n) is 1.75. The summed E-state index contributed by atoms with van der Waals surface area (Å²) < 4.78 is 65.0. The number of hydrogen-bond donors (Lipinski definition) is 2. The molecule has 0 aliphatic heterocycles. The lowest BCUT2D eigenvalue weighted by Gasteiger charge is -2.13. The summed E-state index contributed by atoms with van der Waals surface area (Å²) in [7, 11) is -4.39. The minimum Gasteiger partial charge on any atom is -0.326 e. The lowest BCUT2D eigenvalue weighted by Crippen LogP contribution is -2.39. The Bertz CT molecular complexity index is 565. The Hall–Kier alpha value is -1.12. The van der Waals surface area contributed by atoms with Gasteiger partial charge in [-0.25, -0.2) is 26.3 Å². The second-order valence-corrected chi connectivity index (χ2v) is 6.26. The Morgan fingerprint density at radius 3 is 2.26 bits per heavy atom. The maximum Gasteiger partial charge on any atom is 0.246 e. The minimum atomic E-state index is -4.39. The molecule has 0 saturated heterocycles. The molecule has 1 aromatic rings. The van der Waals surface area contributed by atoms with Gasteiger partial charge in [0.15, 0.2) is 4.90 Å². The molecule has 1 aliphatic carbocycles. The van der Waals surface area contributed by atoms with Gasteiger partial charge in [0.25, 0.3) is 0 Å². The molecule has 4 nitrogen and oxygen atoms in total. The molecule has 0 radical (unpaired) electrons. The van der Waals surface area contributed by atoms with Crippen LogP contribution in [-0.4, -0.2) is 21.0 Å². The largest absolute Gasteiger partial charge is 0.326 e. The quantitative estimate of drug-likeness (QED) is 0.855.